The first kappa shape index (κ1) is 16.9. The van der Waals surface area contributed by atoms with Crippen molar-refractivity contribution in [3.8, 4) is 21.9 Å². The minimum atomic E-state index is -4.51. The monoisotopic (exact) mass is 365 g/mol. The van der Waals surface area contributed by atoms with Gasteiger partial charge < -0.3 is 20.0 Å². The molecule has 2 aromatic rings. The van der Waals surface area contributed by atoms with E-state index in [2.05, 4.69) is 0 Å². The Labute approximate surface area is 129 Å². The number of nitrogens with one attached hydrogen (secondary N) is 1. The maximum atomic E-state index is 11.9. The van der Waals surface area contributed by atoms with E-state index in [0.717, 1.165) is 11.3 Å². The van der Waals surface area contributed by atoms with E-state index in [1.54, 1.807) is 0 Å². The lowest BCUT2D eigenvalue weighted by molar-refractivity contribution is 0.371. The van der Waals surface area contributed by atoms with E-state index < -0.39 is 23.9 Å². The van der Waals surface area contributed by atoms with E-state index in [1.165, 1.54) is 30.3 Å². The van der Waals surface area contributed by atoms with Gasteiger partial charge in [0.1, 0.15) is 10.5 Å². The standard InChI is InChI=1S/C11H12NO7PS2/c13-8-3-1-2-7(11(8)14)9-4-5-10(21-9)22(18,19)12-6-20(15,16)17/h1-5,12-14H,6H2,(H2,15,16,17). The van der Waals surface area contributed by atoms with Gasteiger partial charge in [0.05, 0.1) is 0 Å². The molecule has 0 fully saturated rings. The van der Waals surface area contributed by atoms with Crippen LogP contribution in [-0.4, -0.2) is 34.7 Å². The van der Waals surface area contributed by atoms with Gasteiger partial charge in [-0.2, -0.15) is 4.72 Å². The average Bonchev–Trinajstić information content (AvgIpc) is 2.89. The molecule has 5 N–H and O–H groups in total. The predicted octanol–water partition coefficient (Wildman–Crippen LogP) is 1.24. The van der Waals surface area contributed by atoms with Crippen LogP contribution in [0.25, 0.3) is 10.4 Å². The molecule has 0 saturated carbocycles. The van der Waals surface area contributed by atoms with Crippen LogP contribution in [0.15, 0.2) is 34.5 Å². The molecule has 1 heterocycles. The quantitative estimate of drug-likeness (QED) is 0.396. The van der Waals surface area contributed by atoms with Crippen LogP contribution in [0.4, 0.5) is 0 Å². The molecule has 0 atom stereocenters. The summed E-state index contributed by atoms with van der Waals surface area (Å²) in [5, 5.41) is 19.2. The van der Waals surface area contributed by atoms with Crippen molar-refractivity contribution in [3.05, 3.63) is 30.3 Å². The van der Waals surface area contributed by atoms with Gasteiger partial charge in [0.25, 0.3) is 10.0 Å². The molecular weight excluding hydrogens is 353 g/mol. The van der Waals surface area contributed by atoms with Crippen molar-refractivity contribution in [2.24, 2.45) is 0 Å². The van der Waals surface area contributed by atoms with E-state index in [0.29, 0.717) is 4.88 Å². The van der Waals surface area contributed by atoms with Crippen molar-refractivity contribution in [3.63, 3.8) is 0 Å². The Morgan fingerprint density at radius 3 is 2.45 bits per heavy atom. The highest BCUT2D eigenvalue weighted by molar-refractivity contribution is 7.92. The van der Waals surface area contributed by atoms with Gasteiger partial charge in [0, 0.05) is 10.4 Å². The van der Waals surface area contributed by atoms with E-state index in [4.69, 9.17) is 9.79 Å². The van der Waals surface area contributed by atoms with E-state index >= 15 is 0 Å². The molecule has 0 radical (unpaired) electrons. The van der Waals surface area contributed by atoms with Gasteiger partial charge in [-0.1, -0.05) is 6.07 Å². The van der Waals surface area contributed by atoms with Crippen molar-refractivity contribution < 1.29 is 33.0 Å². The number of phenolic OH excluding ortho intramolecular Hbond substituents is 2. The second kappa shape index (κ2) is 5.99. The lowest BCUT2D eigenvalue weighted by Gasteiger charge is -2.06. The molecule has 11 heteroatoms. The average molecular weight is 365 g/mol. The molecular formula is C11H12NO7PS2. The highest BCUT2D eigenvalue weighted by atomic mass is 32.2. The van der Waals surface area contributed by atoms with Gasteiger partial charge in [-0.15, -0.1) is 11.3 Å². The Kier molecular flexibility index (Phi) is 4.62. The summed E-state index contributed by atoms with van der Waals surface area (Å²) in [6.45, 7) is 0. The van der Waals surface area contributed by atoms with Crippen LogP contribution in [0.3, 0.4) is 0 Å². The largest absolute Gasteiger partial charge is 0.504 e. The molecule has 0 saturated heterocycles. The van der Waals surface area contributed by atoms with Gasteiger partial charge in [-0.05, 0) is 24.3 Å². The van der Waals surface area contributed by atoms with Crippen LogP contribution in [-0.2, 0) is 14.6 Å². The molecule has 2 rings (SSSR count). The summed E-state index contributed by atoms with van der Waals surface area (Å²) < 4.78 is 36.2. The van der Waals surface area contributed by atoms with Gasteiger partial charge in [0.2, 0.25) is 0 Å². The lowest BCUT2D eigenvalue weighted by Crippen LogP contribution is -2.23. The summed E-state index contributed by atoms with van der Waals surface area (Å²) in [7, 11) is -8.58. The molecule has 8 nitrogen and oxygen atoms in total. The fraction of sp³-hybridized carbons (Fsp3) is 0.0909. The summed E-state index contributed by atoms with van der Waals surface area (Å²) in [6.07, 6.45) is -1.00. The van der Waals surface area contributed by atoms with Crippen molar-refractivity contribution >= 4 is 29.0 Å². The van der Waals surface area contributed by atoms with Crippen LogP contribution < -0.4 is 4.72 Å². The van der Waals surface area contributed by atoms with Gasteiger partial charge in [-0.3, -0.25) is 4.57 Å². The number of hydrogen-bond acceptors (Lipinski definition) is 6. The smallest absolute Gasteiger partial charge is 0.340 e. The van der Waals surface area contributed by atoms with E-state index in [-0.39, 0.29) is 21.3 Å². The molecule has 0 spiro atoms. The van der Waals surface area contributed by atoms with Crippen LogP contribution in [0, 0.1) is 0 Å². The number of rotatable bonds is 5. The third kappa shape index (κ3) is 3.86. The zero-order chi connectivity index (χ0) is 16.5. The lowest BCUT2D eigenvalue weighted by atomic mass is 10.1. The normalized spacial score (nSPS) is 12.5. The van der Waals surface area contributed by atoms with Crippen LogP contribution in [0.5, 0.6) is 11.5 Å². The molecule has 0 aliphatic heterocycles. The highest BCUT2D eigenvalue weighted by Gasteiger charge is 2.22. The van der Waals surface area contributed by atoms with Gasteiger partial charge in [0.15, 0.2) is 11.5 Å². The van der Waals surface area contributed by atoms with E-state index in [1.807, 2.05) is 4.72 Å². The highest BCUT2D eigenvalue weighted by Crippen LogP contribution is 2.40. The predicted molar refractivity (Wildman–Crippen MR) is 80.3 cm³/mol. The van der Waals surface area contributed by atoms with Crippen molar-refractivity contribution in [2.45, 2.75) is 4.21 Å². The third-order valence-electron chi connectivity index (χ3n) is 2.59. The first-order valence-electron chi connectivity index (χ1n) is 5.75. The van der Waals surface area contributed by atoms with Crippen molar-refractivity contribution in [1.29, 1.82) is 0 Å². The first-order valence-corrected chi connectivity index (χ1v) is 9.85. The summed E-state index contributed by atoms with van der Waals surface area (Å²) >= 11 is 0.792. The number of benzene rings is 1. The molecule has 0 unspecified atom stereocenters. The van der Waals surface area contributed by atoms with Crippen LogP contribution in [0.1, 0.15) is 0 Å². The fourth-order valence-electron chi connectivity index (χ4n) is 1.58. The first-order chi connectivity index (χ1) is 10.1. The molecule has 22 heavy (non-hydrogen) atoms. The fourth-order valence-corrected chi connectivity index (χ4v) is 4.97. The summed E-state index contributed by atoms with van der Waals surface area (Å²) in [6, 6.07) is 6.94. The molecule has 0 bridgehead atoms. The molecule has 1 aromatic carbocycles. The molecule has 0 aliphatic rings. The Bertz CT molecular complexity index is 840. The van der Waals surface area contributed by atoms with Gasteiger partial charge in [-0.25, -0.2) is 8.42 Å². The molecule has 120 valence electrons. The Balaban J connectivity index is 2.32. The van der Waals surface area contributed by atoms with E-state index in [9.17, 15) is 23.2 Å². The number of hydrogen-bond donors (Lipinski definition) is 5. The summed E-state index contributed by atoms with van der Waals surface area (Å²) in [4.78, 5) is 17.8. The van der Waals surface area contributed by atoms with Gasteiger partial charge >= 0.3 is 7.60 Å². The molecule has 0 amide bonds. The Morgan fingerprint density at radius 1 is 1.14 bits per heavy atom. The summed E-state index contributed by atoms with van der Waals surface area (Å²) in [5.41, 5.74) is 0.251. The zero-order valence-corrected chi connectivity index (χ0v) is 13.4. The van der Waals surface area contributed by atoms with Crippen LogP contribution in [0.2, 0.25) is 0 Å². The summed E-state index contributed by atoms with van der Waals surface area (Å²) in [5.74, 6) is -0.716. The second-order valence-electron chi connectivity index (χ2n) is 4.26. The topological polar surface area (TPSA) is 144 Å². The zero-order valence-electron chi connectivity index (χ0n) is 10.9. The minimum Gasteiger partial charge on any atom is -0.504 e. The van der Waals surface area contributed by atoms with Crippen molar-refractivity contribution in [1.82, 2.24) is 4.72 Å². The Morgan fingerprint density at radius 2 is 1.82 bits per heavy atom. The van der Waals surface area contributed by atoms with Crippen molar-refractivity contribution in [2.75, 3.05) is 6.29 Å². The maximum absolute atomic E-state index is 11.9. The second-order valence-corrected chi connectivity index (χ2v) is 8.99. The maximum Gasteiger partial charge on any atom is 0.340 e. The number of phenols is 2. The SMILES string of the molecule is O=P(O)(O)CNS(=O)(=O)c1ccc(-c2cccc(O)c2O)s1. The number of thiophene rings is 1. The number of sulfonamides is 1. The minimum absolute atomic E-state index is 0.168. The van der Waals surface area contributed by atoms with Crippen LogP contribution >= 0.6 is 18.9 Å². The Hall–Kier alpha value is -1.42. The number of para-hydroxylation sites is 1. The third-order valence-corrected chi connectivity index (χ3v) is 6.38. The molecule has 0 aliphatic carbocycles. The number of aromatic hydroxyl groups is 2. The molecule has 1 aromatic heterocycles.